The lowest BCUT2D eigenvalue weighted by molar-refractivity contribution is 0.418. The van der Waals surface area contributed by atoms with Gasteiger partial charge in [-0.2, -0.15) is 5.26 Å². The predicted molar refractivity (Wildman–Crippen MR) is 84.0 cm³/mol. The fraction of sp³-hybridized carbons (Fsp3) is 0.0625. The smallest absolute Gasteiger partial charge is 0.262 e. The molecule has 0 bridgehead atoms. The van der Waals surface area contributed by atoms with Crippen molar-refractivity contribution in [1.82, 2.24) is 9.97 Å². The highest BCUT2D eigenvalue weighted by Crippen LogP contribution is 2.37. The maximum atomic E-state index is 14.5. The molecule has 3 aromatic rings. The van der Waals surface area contributed by atoms with Crippen molar-refractivity contribution >= 4 is 22.5 Å². The summed E-state index contributed by atoms with van der Waals surface area (Å²) in [5.74, 6) is -2.62. The van der Waals surface area contributed by atoms with Crippen LogP contribution in [-0.2, 0) is 0 Å². The fourth-order valence-electron chi connectivity index (χ4n) is 2.36. The van der Waals surface area contributed by atoms with Gasteiger partial charge in [0.1, 0.15) is 22.3 Å². The lowest BCUT2D eigenvalue weighted by Crippen LogP contribution is -2.10. The second kappa shape index (κ2) is 5.91. The summed E-state index contributed by atoms with van der Waals surface area (Å²) in [4.78, 5) is 18.5. The second-order valence-corrected chi connectivity index (χ2v) is 5.07. The standard InChI is InChI=1S/C16H8ClF2N3O2/c1-24-15-7(5-20)4-9(14-11(15)16(23)22-6-21-14)8-2-3-10(18)12(17)13(8)19/h2-4,6H,1H3,(H,21,22,23)/i1D3. The van der Waals surface area contributed by atoms with Gasteiger partial charge in [0.25, 0.3) is 5.56 Å². The van der Waals surface area contributed by atoms with Crippen molar-refractivity contribution in [2.24, 2.45) is 0 Å². The van der Waals surface area contributed by atoms with Gasteiger partial charge in [0.2, 0.25) is 0 Å². The highest BCUT2D eigenvalue weighted by atomic mass is 35.5. The largest absolute Gasteiger partial charge is 0.494 e. The zero-order valence-electron chi connectivity index (χ0n) is 14.7. The first kappa shape index (κ1) is 12.4. The third-order valence-corrected chi connectivity index (χ3v) is 3.76. The molecule has 0 atom stereocenters. The van der Waals surface area contributed by atoms with Crippen LogP contribution < -0.4 is 10.3 Å². The van der Waals surface area contributed by atoms with Gasteiger partial charge in [-0.15, -0.1) is 0 Å². The molecule has 0 aliphatic rings. The summed E-state index contributed by atoms with van der Waals surface area (Å²) in [7, 11) is -2.95. The lowest BCUT2D eigenvalue weighted by Gasteiger charge is -2.12. The summed E-state index contributed by atoms with van der Waals surface area (Å²) < 4.78 is 54.5. The first-order valence-corrected chi connectivity index (χ1v) is 6.79. The van der Waals surface area contributed by atoms with Crippen LogP contribution in [-0.4, -0.2) is 17.0 Å². The molecule has 0 spiro atoms. The number of fused-ring (bicyclic) bond motifs is 1. The molecule has 1 heterocycles. The van der Waals surface area contributed by atoms with Crippen LogP contribution in [0.15, 0.2) is 29.3 Å². The summed E-state index contributed by atoms with van der Waals surface area (Å²) in [6, 6.07) is 4.79. The van der Waals surface area contributed by atoms with Crippen molar-refractivity contribution in [2.45, 2.75) is 0 Å². The topological polar surface area (TPSA) is 78.8 Å². The zero-order chi connectivity index (χ0) is 19.9. The Morgan fingerprint density at radius 2 is 2.21 bits per heavy atom. The van der Waals surface area contributed by atoms with Crippen molar-refractivity contribution in [1.29, 1.82) is 5.26 Å². The number of methoxy groups -OCH3 is 1. The Balaban J connectivity index is 2.46. The van der Waals surface area contributed by atoms with Gasteiger partial charge >= 0.3 is 0 Å². The molecule has 1 N–H and O–H groups in total. The van der Waals surface area contributed by atoms with Crippen LogP contribution in [0.3, 0.4) is 0 Å². The highest BCUT2D eigenvalue weighted by molar-refractivity contribution is 6.31. The van der Waals surface area contributed by atoms with E-state index < -0.39 is 35.0 Å². The molecular weight excluding hydrogens is 340 g/mol. The Morgan fingerprint density at radius 3 is 2.92 bits per heavy atom. The van der Waals surface area contributed by atoms with Gasteiger partial charge in [-0.1, -0.05) is 11.6 Å². The van der Waals surface area contributed by atoms with Crippen LogP contribution in [0.5, 0.6) is 5.75 Å². The Hall–Kier alpha value is -2.98. The zero-order valence-corrected chi connectivity index (χ0v) is 12.4. The molecule has 0 saturated carbocycles. The van der Waals surface area contributed by atoms with Gasteiger partial charge in [0, 0.05) is 11.1 Å². The number of halogens is 3. The van der Waals surface area contributed by atoms with Gasteiger partial charge in [0.05, 0.1) is 28.6 Å². The van der Waals surface area contributed by atoms with Crippen molar-refractivity contribution in [3.8, 4) is 22.9 Å². The van der Waals surface area contributed by atoms with E-state index in [9.17, 15) is 18.8 Å². The maximum Gasteiger partial charge on any atom is 0.262 e. The van der Waals surface area contributed by atoms with E-state index in [-0.39, 0.29) is 27.6 Å². The predicted octanol–water partition coefficient (Wildman–Crippen LogP) is 3.40. The molecule has 3 rings (SSSR count). The molecule has 0 radical (unpaired) electrons. The molecule has 0 aliphatic carbocycles. The summed E-state index contributed by atoms with van der Waals surface area (Å²) in [6.07, 6.45) is 1.02. The number of aromatic nitrogens is 2. The summed E-state index contributed by atoms with van der Waals surface area (Å²) >= 11 is 5.60. The molecule has 0 unspecified atom stereocenters. The molecule has 0 saturated heterocycles. The van der Waals surface area contributed by atoms with E-state index in [0.717, 1.165) is 24.5 Å². The van der Waals surface area contributed by atoms with E-state index in [2.05, 4.69) is 9.97 Å². The first-order valence-electron chi connectivity index (χ1n) is 7.91. The second-order valence-electron chi connectivity index (χ2n) is 4.69. The van der Waals surface area contributed by atoms with Crippen LogP contribution in [0.2, 0.25) is 5.02 Å². The monoisotopic (exact) mass is 350 g/mol. The fourth-order valence-corrected chi connectivity index (χ4v) is 2.52. The van der Waals surface area contributed by atoms with E-state index in [4.69, 9.17) is 20.5 Å². The minimum atomic E-state index is -2.95. The molecular formula is C16H8ClF2N3O2. The van der Waals surface area contributed by atoms with E-state index in [1.807, 2.05) is 0 Å². The molecule has 1 aromatic heterocycles. The molecule has 120 valence electrons. The van der Waals surface area contributed by atoms with Crippen LogP contribution in [0, 0.1) is 23.0 Å². The number of rotatable bonds is 2. The first-order chi connectivity index (χ1) is 12.6. The molecule has 0 amide bonds. The SMILES string of the molecule is [2H]C([2H])([2H])Oc1c(C#N)cc(-c2ccc(F)c(Cl)c2F)c2nc[nH]c(=O)c12. The van der Waals surface area contributed by atoms with Gasteiger partial charge in [-0.25, -0.2) is 13.8 Å². The molecule has 2 aromatic carbocycles. The molecule has 0 aliphatic heterocycles. The Bertz CT molecular complexity index is 1170. The molecule has 0 fully saturated rings. The molecule has 24 heavy (non-hydrogen) atoms. The molecule has 5 nitrogen and oxygen atoms in total. The van der Waals surface area contributed by atoms with Crippen molar-refractivity contribution in [2.75, 3.05) is 7.04 Å². The minimum Gasteiger partial charge on any atom is -0.494 e. The van der Waals surface area contributed by atoms with Crippen LogP contribution in [0.4, 0.5) is 8.78 Å². The van der Waals surface area contributed by atoms with Gasteiger partial charge < -0.3 is 9.72 Å². The number of nitrogens with one attached hydrogen (secondary N) is 1. The van der Waals surface area contributed by atoms with Crippen molar-refractivity contribution in [3.05, 3.63) is 57.1 Å². The lowest BCUT2D eigenvalue weighted by atomic mass is 9.98. The number of aromatic amines is 1. The van der Waals surface area contributed by atoms with Crippen LogP contribution in [0.25, 0.3) is 22.0 Å². The third-order valence-electron chi connectivity index (χ3n) is 3.42. The molecule has 8 heteroatoms. The van der Waals surface area contributed by atoms with E-state index in [1.54, 1.807) is 6.07 Å². The number of hydrogen-bond acceptors (Lipinski definition) is 4. The number of nitriles is 1. The third kappa shape index (κ3) is 2.28. The van der Waals surface area contributed by atoms with Gasteiger partial charge in [-0.3, -0.25) is 4.79 Å². The minimum absolute atomic E-state index is 0.0510. The number of benzene rings is 2. The average Bonchev–Trinajstić information content (AvgIpc) is 2.59. The Kier molecular flexibility index (Phi) is 3.06. The summed E-state index contributed by atoms with van der Waals surface area (Å²) in [5.41, 5.74) is -1.55. The van der Waals surface area contributed by atoms with Gasteiger partial charge in [-0.05, 0) is 18.2 Å². The quantitative estimate of drug-likeness (QED) is 0.718. The van der Waals surface area contributed by atoms with Crippen LogP contribution >= 0.6 is 11.6 Å². The Morgan fingerprint density at radius 1 is 1.42 bits per heavy atom. The number of H-pyrrole nitrogens is 1. The highest BCUT2D eigenvalue weighted by Gasteiger charge is 2.21. The summed E-state index contributed by atoms with van der Waals surface area (Å²) in [6.45, 7) is 0. The summed E-state index contributed by atoms with van der Waals surface area (Å²) in [5, 5.41) is 8.25. The van der Waals surface area contributed by atoms with E-state index >= 15 is 0 Å². The van der Waals surface area contributed by atoms with E-state index in [1.165, 1.54) is 0 Å². The van der Waals surface area contributed by atoms with Gasteiger partial charge in [0.15, 0.2) is 11.6 Å². The number of nitrogens with zero attached hydrogens (tertiary/aromatic N) is 2. The normalized spacial score (nSPS) is 13.0. The van der Waals surface area contributed by atoms with E-state index in [0.29, 0.717) is 0 Å². The van der Waals surface area contributed by atoms with Crippen LogP contribution in [0.1, 0.15) is 9.68 Å². The number of ether oxygens (including phenoxy) is 1. The Labute approximate surface area is 143 Å². The van der Waals surface area contributed by atoms with Crippen molar-refractivity contribution in [3.63, 3.8) is 0 Å². The maximum absolute atomic E-state index is 14.5. The number of hydrogen-bond donors (Lipinski definition) is 1. The van der Waals surface area contributed by atoms with Crippen molar-refractivity contribution < 1.29 is 17.6 Å². The average molecular weight is 351 g/mol.